The number of hydrogen-bond donors (Lipinski definition) is 1. The normalized spacial score (nSPS) is 27.1. The molecule has 0 radical (unpaired) electrons. The Hall–Kier alpha value is -0.540. The van der Waals surface area contributed by atoms with Crippen molar-refractivity contribution >= 4 is 21.6 Å². The van der Waals surface area contributed by atoms with Crippen LogP contribution >= 0.6 is 15.9 Å². The topological polar surface area (TPSA) is 15.3 Å². The molecule has 1 aliphatic heterocycles. The fraction of sp³-hybridized carbons (Fsp3) is 0.647. The zero-order valence-electron chi connectivity index (χ0n) is 12.7. The van der Waals surface area contributed by atoms with Gasteiger partial charge in [-0.2, -0.15) is 0 Å². The first-order valence-corrected chi connectivity index (χ1v) is 8.61. The van der Waals surface area contributed by atoms with E-state index in [0.29, 0.717) is 18.0 Å². The number of halogens is 1. The summed E-state index contributed by atoms with van der Waals surface area (Å²) in [7, 11) is 0. The molecule has 1 N–H and O–H groups in total. The molecule has 110 valence electrons. The van der Waals surface area contributed by atoms with Crippen molar-refractivity contribution in [3.05, 3.63) is 28.2 Å². The summed E-state index contributed by atoms with van der Waals surface area (Å²) in [5.41, 5.74) is 2.68. The number of nitrogens with zero attached hydrogens (tertiary/aromatic N) is 1. The van der Waals surface area contributed by atoms with E-state index in [0.717, 1.165) is 19.0 Å². The Bertz CT molecular complexity index is 482. The number of anilines is 1. The maximum absolute atomic E-state index is 3.79. The van der Waals surface area contributed by atoms with Crippen LogP contribution in [0.25, 0.3) is 0 Å². The number of aryl methyl sites for hydroxylation is 1. The van der Waals surface area contributed by atoms with Gasteiger partial charge in [0.15, 0.2) is 0 Å². The highest BCUT2D eigenvalue weighted by atomic mass is 79.9. The second-order valence-corrected chi connectivity index (χ2v) is 7.63. The lowest BCUT2D eigenvalue weighted by molar-refractivity contribution is 0.320. The summed E-state index contributed by atoms with van der Waals surface area (Å²) in [6.07, 6.45) is 2.82. The SMILES string of the molecule is Cc1ccc(N2CC(C3CC3)NCC2C(C)C)c(Br)c1. The minimum Gasteiger partial charge on any atom is -0.365 e. The maximum Gasteiger partial charge on any atom is 0.0514 e. The number of benzene rings is 1. The van der Waals surface area contributed by atoms with Crippen molar-refractivity contribution in [1.82, 2.24) is 5.32 Å². The molecule has 0 aromatic heterocycles. The third-order valence-corrected chi connectivity index (χ3v) is 5.39. The summed E-state index contributed by atoms with van der Waals surface area (Å²) >= 11 is 3.77. The number of rotatable bonds is 3. The Morgan fingerprint density at radius 2 is 2.05 bits per heavy atom. The average molecular weight is 337 g/mol. The first-order valence-electron chi connectivity index (χ1n) is 7.82. The molecule has 2 aliphatic rings. The Morgan fingerprint density at radius 3 is 2.65 bits per heavy atom. The molecule has 2 atom stereocenters. The lowest BCUT2D eigenvalue weighted by Crippen LogP contribution is -2.59. The highest BCUT2D eigenvalue weighted by Gasteiger charge is 2.38. The molecular weight excluding hydrogens is 312 g/mol. The van der Waals surface area contributed by atoms with Crippen LogP contribution in [0.15, 0.2) is 22.7 Å². The van der Waals surface area contributed by atoms with Crippen molar-refractivity contribution in [1.29, 1.82) is 0 Å². The molecule has 1 aromatic carbocycles. The summed E-state index contributed by atoms with van der Waals surface area (Å²) < 4.78 is 1.24. The van der Waals surface area contributed by atoms with E-state index in [9.17, 15) is 0 Å². The molecule has 20 heavy (non-hydrogen) atoms. The molecular formula is C17H25BrN2. The highest BCUT2D eigenvalue weighted by Crippen LogP contribution is 2.37. The van der Waals surface area contributed by atoms with Crippen LogP contribution < -0.4 is 10.2 Å². The van der Waals surface area contributed by atoms with Gasteiger partial charge in [-0.1, -0.05) is 19.9 Å². The molecule has 0 bridgehead atoms. The molecule has 2 unspecified atom stereocenters. The quantitative estimate of drug-likeness (QED) is 0.898. The molecule has 1 aliphatic carbocycles. The molecule has 3 heteroatoms. The minimum atomic E-state index is 0.587. The van der Waals surface area contributed by atoms with Gasteiger partial charge >= 0.3 is 0 Å². The second kappa shape index (κ2) is 5.69. The zero-order chi connectivity index (χ0) is 14.3. The van der Waals surface area contributed by atoms with Crippen LogP contribution in [0.5, 0.6) is 0 Å². The van der Waals surface area contributed by atoms with Crippen molar-refractivity contribution < 1.29 is 0 Å². The van der Waals surface area contributed by atoms with E-state index in [4.69, 9.17) is 0 Å². The Balaban J connectivity index is 1.87. The Morgan fingerprint density at radius 1 is 1.30 bits per heavy atom. The first kappa shape index (κ1) is 14.4. The molecule has 0 amide bonds. The molecule has 2 nitrogen and oxygen atoms in total. The summed E-state index contributed by atoms with van der Waals surface area (Å²) in [5, 5.41) is 3.79. The van der Waals surface area contributed by atoms with Gasteiger partial charge in [0.05, 0.1) is 5.69 Å². The van der Waals surface area contributed by atoms with Crippen molar-refractivity contribution in [2.24, 2.45) is 11.8 Å². The van der Waals surface area contributed by atoms with Crippen LogP contribution in [-0.4, -0.2) is 25.2 Å². The van der Waals surface area contributed by atoms with Gasteiger partial charge in [-0.05, 0) is 65.2 Å². The second-order valence-electron chi connectivity index (χ2n) is 6.77. The van der Waals surface area contributed by atoms with E-state index in [1.165, 1.54) is 28.6 Å². The monoisotopic (exact) mass is 336 g/mol. The van der Waals surface area contributed by atoms with E-state index in [1.54, 1.807) is 0 Å². The fourth-order valence-electron chi connectivity index (χ4n) is 3.33. The van der Waals surface area contributed by atoms with Crippen molar-refractivity contribution in [2.75, 3.05) is 18.0 Å². The minimum absolute atomic E-state index is 0.587. The van der Waals surface area contributed by atoms with Crippen LogP contribution in [0.1, 0.15) is 32.3 Å². The van der Waals surface area contributed by atoms with Crippen LogP contribution in [0, 0.1) is 18.8 Å². The zero-order valence-corrected chi connectivity index (χ0v) is 14.3. The molecule has 1 saturated heterocycles. The molecule has 3 rings (SSSR count). The summed E-state index contributed by atoms with van der Waals surface area (Å²) in [6, 6.07) is 8.01. The van der Waals surface area contributed by atoms with Gasteiger partial charge in [-0.25, -0.2) is 0 Å². The Labute approximate surface area is 131 Å². The third-order valence-electron chi connectivity index (χ3n) is 4.76. The molecule has 1 aromatic rings. The highest BCUT2D eigenvalue weighted by molar-refractivity contribution is 9.10. The molecule has 2 fully saturated rings. The molecule has 0 spiro atoms. The van der Waals surface area contributed by atoms with Gasteiger partial charge in [-0.3, -0.25) is 0 Å². The Kier molecular flexibility index (Phi) is 4.09. The summed E-state index contributed by atoms with van der Waals surface area (Å²) in [6.45, 7) is 9.07. The maximum atomic E-state index is 3.79. The van der Waals surface area contributed by atoms with Crippen LogP contribution in [0.3, 0.4) is 0 Å². The summed E-state index contributed by atoms with van der Waals surface area (Å²) in [5.74, 6) is 1.57. The predicted octanol–water partition coefficient (Wildman–Crippen LogP) is 3.97. The first-order chi connectivity index (χ1) is 9.56. The molecule has 1 heterocycles. The lowest BCUT2D eigenvalue weighted by atomic mass is 9.96. The molecule has 1 saturated carbocycles. The van der Waals surface area contributed by atoms with Gasteiger partial charge in [-0.15, -0.1) is 0 Å². The van der Waals surface area contributed by atoms with Crippen LogP contribution in [-0.2, 0) is 0 Å². The van der Waals surface area contributed by atoms with E-state index < -0.39 is 0 Å². The standard InChI is InChI=1S/C17H25BrN2/c1-11(2)17-9-19-15(13-5-6-13)10-20(17)16-7-4-12(3)8-14(16)18/h4,7-8,11,13,15,17,19H,5-6,9-10H2,1-3H3. The fourth-order valence-corrected chi connectivity index (χ4v) is 4.05. The lowest BCUT2D eigenvalue weighted by Gasteiger charge is -2.44. The van der Waals surface area contributed by atoms with Gasteiger partial charge < -0.3 is 10.2 Å². The number of nitrogens with one attached hydrogen (secondary N) is 1. The average Bonchev–Trinajstić information content (AvgIpc) is 3.22. The van der Waals surface area contributed by atoms with Crippen molar-refractivity contribution in [2.45, 2.75) is 45.7 Å². The van der Waals surface area contributed by atoms with Gasteiger partial charge in [0, 0.05) is 29.6 Å². The van der Waals surface area contributed by atoms with Crippen molar-refractivity contribution in [3.63, 3.8) is 0 Å². The number of hydrogen-bond acceptors (Lipinski definition) is 2. The van der Waals surface area contributed by atoms with Gasteiger partial charge in [0.2, 0.25) is 0 Å². The van der Waals surface area contributed by atoms with E-state index >= 15 is 0 Å². The third kappa shape index (κ3) is 2.89. The largest absolute Gasteiger partial charge is 0.365 e. The van der Waals surface area contributed by atoms with E-state index in [-0.39, 0.29) is 0 Å². The van der Waals surface area contributed by atoms with Crippen molar-refractivity contribution in [3.8, 4) is 0 Å². The van der Waals surface area contributed by atoms with Gasteiger partial charge in [0.25, 0.3) is 0 Å². The van der Waals surface area contributed by atoms with Gasteiger partial charge in [0.1, 0.15) is 0 Å². The van der Waals surface area contributed by atoms with Crippen LogP contribution in [0.2, 0.25) is 0 Å². The smallest absolute Gasteiger partial charge is 0.0514 e. The van der Waals surface area contributed by atoms with E-state index in [1.807, 2.05) is 0 Å². The summed E-state index contributed by atoms with van der Waals surface area (Å²) in [4.78, 5) is 2.63. The van der Waals surface area contributed by atoms with Crippen LogP contribution in [0.4, 0.5) is 5.69 Å². The predicted molar refractivity (Wildman–Crippen MR) is 89.4 cm³/mol. The number of piperazine rings is 1. The van der Waals surface area contributed by atoms with E-state index in [2.05, 4.69) is 65.1 Å².